The van der Waals surface area contributed by atoms with Gasteiger partial charge in [0, 0.05) is 54.7 Å². The molecule has 0 saturated carbocycles. The molecule has 3 aromatic rings. The fraction of sp³-hybridized carbons (Fsp3) is 0.425. The van der Waals surface area contributed by atoms with Gasteiger partial charge in [-0.3, -0.25) is 9.59 Å². The van der Waals surface area contributed by atoms with Gasteiger partial charge < -0.3 is 38.9 Å². The van der Waals surface area contributed by atoms with Crippen molar-refractivity contribution in [1.82, 2.24) is 5.32 Å². The first-order chi connectivity index (χ1) is 24.7. The third-order valence-corrected chi connectivity index (χ3v) is 9.43. The number of aliphatic hydroxyl groups is 1. The quantitative estimate of drug-likeness (QED) is 0.145. The number of carbonyl (C=O) groups is 2. The Kier molecular flexibility index (Phi) is 11.6. The highest BCUT2D eigenvalue weighted by Crippen LogP contribution is 2.47. The molecule has 6 rings (SSSR count). The summed E-state index contributed by atoms with van der Waals surface area (Å²) in [6.45, 7) is 9.24. The molecular formula is C40H46N2O9. The van der Waals surface area contributed by atoms with Crippen molar-refractivity contribution in [3.8, 4) is 23.0 Å². The zero-order valence-corrected chi connectivity index (χ0v) is 29.5. The second-order valence-corrected chi connectivity index (χ2v) is 13.2. The molecule has 11 nitrogen and oxygen atoms in total. The smallest absolute Gasteiger partial charge is 0.222 e. The zero-order valence-electron chi connectivity index (χ0n) is 29.5. The van der Waals surface area contributed by atoms with E-state index in [0.717, 1.165) is 23.1 Å². The summed E-state index contributed by atoms with van der Waals surface area (Å²) in [5, 5.41) is 17.3. The average molecular weight is 699 g/mol. The van der Waals surface area contributed by atoms with E-state index in [1.807, 2.05) is 32.0 Å². The summed E-state index contributed by atoms with van der Waals surface area (Å²) in [5.41, 5.74) is 6.94. The van der Waals surface area contributed by atoms with Gasteiger partial charge in [0.05, 0.1) is 26.2 Å². The van der Waals surface area contributed by atoms with Crippen molar-refractivity contribution in [3.05, 3.63) is 94.1 Å². The van der Waals surface area contributed by atoms with E-state index in [1.54, 1.807) is 13.2 Å². The Morgan fingerprint density at radius 3 is 2.67 bits per heavy atom. The Morgan fingerprint density at radius 2 is 1.90 bits per heavy atom. The number of hydrogen-bond acceptors (Lipinski definition) is 10. The Bertz CT molecular complexity index is 1790. The molecule has 3 aromatic carbocycles. The molecule has 3 heterocycles. The Hall–Kier alpha value is -4.87. The van der Waals surface area contributed by atoms with Crippen LogP contribution in [0.4, 0.5) is 0 Å². The first kappa shape index (κ1) is 35.9. The molecular weight excluding hydrogens is 652 g/mol. The van der Waals surface area contributed by atoms with Gasteiger partial charge in [0.15, 0.2) is 11.9 Å². The van der Waals surface area contributed by atoms with Crippen molar-refractivity contribution in [2.75, 3.05) is 40.1 Å². The van der Waals surface area contributed by atoms with Gasteiger partial charge in [-0.15, -0.1) is 0 Å². The number of methoxy groups -OCH3 is 1. The second kappa shape index (κ2) is 16.4. The SMILES string of the molecule is C=C(C)C1Cc2c(ccc(C3=NOC4COc5cc(CO)c(OC)cc5C34)c2OCC(=O)CCCOCCC(=O)NCCc2ccc(C)cc2)O1. The number of aryl methyl sites for hydroxylation is 1. The number of hydrogen-bond donors (Lipinski definition) is 2. The Morgan fingerprint density at radius 1 is 1.08 bits per heavy atom. The van der Waals surface area contributed by atoms with Crippen molar-refractivity contribution >= 4 is 17.4 Å². The number of benzene rings is 3. The lowest BCUT2D eigenvalue weighted by Crippen LogP contribution is -2.33. The summed E-state index contributed by atoms with van der Waals surface area (Å²) in [7, 11) is 1.56. The molecule has 11 heteroatoms. The molecule has 0 aromatic heterocycles. The summed E-state index contributed by atoms with van der Waals surface area (Å²) in [6.07, 6.45) is 1.79. The van der Waals surface area contributed by atoms with Crippen LogP contribution in [0.2, 0.25) is 0 Å². The van der Waals surface area contributed by atoms with Gasteiger partial charge in [-0.2, -0.15) is 0 Å². The fourth-order valence-corrected chi connectivity index (χ4v) is 6.57. The highest BCUT2D eigenvalue weighted by molar-refractivity contribution is 6.09. The first-order valence-corrected chi connectivity index (χ1v) is 17.5. The number of carbonyl (C=O) groups excluding carboxylic acids is 2. The maximum atomic E-state index is 13.0. The predicted molar refractivity (Wildman–Crippen MR) is 191 cm³/mol. The summed E-state index contributed by atoms with van der Waals surface area (Å²) < 4.78 is 29.7. The molecule has 0 saturated heterocycles. The average Bonchev–Trinajstić information content (AvgIpc) is 3.78. The van der Waals surface area contributed by atoms with E-state index in [9.17, 15) is 14.7 Å². The summed E-state index contributed by atoms with van der Waals surface area (Å²) in [4.78, 5) is 31.1. The Labute approximate surface area is 298 Å². The minimum atomic E-state index is -0.371. The van der Waals surface area contributed by atoms with Crippen molar-refractivity contribution < 1.29 is 43.2 Å². The monoisotopic (exact) mass is 698 g/mol. The number of nitrogens with one attached hydrogen (secondary N) is 1. The number of fused-ring (bicyclic) bond motifs is 4. The molecule has 0 radical (unpaired) electrons. The summed E-state index contributed by atoms with van der Waals surface area (Å²) >= 11 is 0. The largest absolute Gasteiger partial charge is 0.496 e. The Balaban J connectivity index is 1.05. The number of amides is 1. The van der Waals surface area contributed by atoms with E-state index < -0.39 is 0 Å². The molecule has 0 aliphatic carbocycles. The van der Waals surface area contributed by atoms with E-state index in [1.165, 1.54) is 11.1 Å². The van der Waals surface area contributed by atoms with E-state index >= 15 is 0 Å². The lowest BCUT2D eigenvalue weighted by atomic mass is 9.83. The van der Waals surface area contributed by atoms with Crippen molar-refractivity contribution in [3.63, 3.8) is 0 Å². The van der Waals surface area contributed by atoms with Gasteiger partial charge in [0.1, 0.15) is 48.0 Å². The van der Waals surface area contributed by atoms with Crippen LogP contribution >= 0.6 is 0 Å². The number of ether oxygens (including phenoxy) is 5. The van der Waals surface area contributed by atoms with Crippen LogP contribution < -0.4 is 24.3 Å². The van der Waals surface area contributed by atoms with E-state index in [4.69, 9.17) is 28.5 Å². The number of aliphatic hydroxyl groups excluding tert-OH is 1. The maximum Gasteiger partial charge on any atom is 0.222 e. The molecule has 270 valence electrons. The third kappa shape index (κ3) is 8.37. The number of nitrogens with zero attached hydrogens (tertiary/aromatic N) is 1. The van der Waals surface area contributed by atoms with Crippen LogP contribution in [-0.2, 0) is 38.6 Å². The molecule has 0 spiro atoms. The highest BCUT2D eigenvalue weighted by Gasteiger charge is 2.44. The number of rotatable bonds is 17. The number of oxime groups is 1. The van der Waals surface area contributed by atoms with E-state index in [2.05, 4.69) is 41.3 Å². The van der Waals surface area contributed by atoms with Gasteiger partial charge in [-0.05, 0) is 62.1 Å². The zero-order chi connectivity index (χ0) is 35.9. The van der Waals surface area contributed by atoms with Gasteiger partial charge in [-0.1, -0.05) is 41.6 Å². The molecule has 3 aliphatic rings. The molecule has 0 bridgehead atoms. The summed E-state index contributed by atoms with van der Waals surface area (Å²) in [5.74, 6) is 1.96. The maximum absolute atomic E-state index is 13.0. The number of ketones is 1. The minimum Gasteiger partial charge on any atom is -0.496 e. The third-order valence-electron chi connectivity index (χ3n) is 9.43. The summed E-state index contributed by atoms with van der Waals surface area (Å²) in [6, 6.07) is 15.7. The molecule has 0 fully saturated rings. The van der Waals surface area contributed by atoms with Gasteiger partial charge in [0.2, 0.25) is 5.91 Å². The first-order valence-electron chi connectivity index (χ1n) is 17.5. The normalized spacial score (nSPS) is 18.3. The van der Waals surface area contributed by atoms with Crippen molar-refractivity contribution in [2.45, 2.75) is 70.7 Å². The molecule has 3 atom stereocenters. The van der Waals surface area contributed by atoms with Crippen LogP contribution in [-0.4, -0.2) is 74.8 Å². The van der Waals surface area contributed by atoms with Gasteiger partial charge in [-0.25, -0.2) is 0 Å². The lowest BCUT2D eigenvalue weighted by Gasteiger charge is -2.29. The minimum absolute atomic E-state index is 0.0578. The predicted octanol–water partition coefficient (Wildman–Crippen LogP) is 5.15. The van der Waals surface area contributed by atoms with Crippen molar-refractivity contribution in [2.24, 2.45) is 5.16 Å². The molecule has 1 amide bonds. The van der Waals surface area contributed by atoms with E-state index in [0.29, 0.717) is 65.8 Å². The molecule has 2 N–H and O–H groups in total. The topological polar surface area (TPSA) is 134 Å². The van der Waals surface area contributed by atoms with Crippen LogP contribution in [0.5, 0.6) is 23.0 Å². The fourth-order valence-electron chi connectivity index (χ4n) is 6.57. The van der Waals surface area contributed by atoms with Crippen LogP contribution in [0, 0.1) is 6.92 Å². The van der Waals surface area contributed by atoms with Gasteiger partial charge >= 0.3 is 0 Å². The molecule has 3 aliphatic heterocycles. The van der Waals surface area contributed by atoms with Crippen LogP contribution in [0.1, 0.15) is 65.5 Å². The van der Waals surface area contributed by atoms with Crippen LogP contribution in [0.25, 0.3) is 0 Å². The molecule has 51 heavy (non-hydrogen) atoms. The van der Waals surface area contributed by atoms with Crippen LogP contribution in [0.3, 0.4) is 0 Å². The number of Topliss-reactive ketones (excluding diaryl/α,β-unsaturated/α-hetero) is 1. The van der Waals surface area contributed by atoms with Gasteiger partial charge in [0.25, 0.3) is 0 Å². The standard InChI is InChI=1S/C40H46N2O9/c1-24(2)33-20-31-32(50-33)12-11-29(39-38-30-19-34(46-4)27(21-43)18-35(30)48-23-36(38)51-42-39)40(31)49-22-28(44)6-5-16-47-17-14-37(45)41-15-13-26-9-7-25(3)8-10-26/h7-12,18-19,33,36,38,43H,1,5-6,13-17,20-23H2,2-4H3,(H,41,45). The second-order valence-electron chi connectivity index (χ2n) is 13.2. The highest BCUT2D eigenvalue weighted by atomic mass is 16.7. The lowest BCUT2D eigenvalue weighted by molar-refractivity contribution is -0.123. The van der Waals surface area contributed by atoms with Crippen molar-refractivity contribution in [1.29, 1.82) is 0 Å². The van der Waals surface area contributed by atoms with E-state index in [-0.39, 0.29) is 69.1 Å². The molecule has 3 unspecified atom stereocenters. The van der Waals surface area contributed by atoms with Crippen LogP contribution in [0.15, 0.2) is 65.8 Å².